The van der Waals surface area contributed by atoms with Crippen LogP contribution in [0.5, 0.6) is 0 Å². The van der Waals surface area contributed by atoms with Crippen LogP contribution in [0.3, 0.4) is 0 Å². The molecule has 0 bridgehead atoms. The summed E-state index contributed by atoms with van der Waals surface area (Å²) in [7, 11) is -8.55. The Morgan fingerprint density at radius 3 is 0.993 bits per heavy atom. The van der Waals surface area contributed by atoms with Crippen LogP contribution in [0.15, 0.2) is 97.1 Å². The van der Waals surface area contributed by atoms with E-state index in [0.29, 0.717) is 11.3 Å². The molecule has 784 valence electrons. The van der Waals surface area contributed by atoms with Gasteiger partial charge >= 0.3 is 29.1 Å². The van der Waals surface area contributed by atoms with Crippen LogP contribution in [0.4, 0.5) is 101 Å². The number of fused-ring (bicyclic) bond motifs is 2. The second-order valence-corrected chi connectivity index (χ2v) is 40.5. The number of anilines is 11. The number of hydrogen-bond acceptors (Lipinski definition) is 18. The van der Waals surface area contributed by atoms with Gasteiger partial charge in [0.15, 0.2) is 0 Å². The van der Waals surface area contributed by atoms with Gasteiger partial charge in [-0.05, 0) is 165 Å². The summed E-state index contributed by atoms with van der Waals surface area (Å²) in [6.07, 6.45) is 61.3. The quantitative estimate of drug-likeness (QED) is 0.00247. The normalized spacial score (nSPS) is 11.5. The van der Waals surface area contributed by atoms with Crippen LogP contribution in [0.1, 0.15) is 416 Å². The van der Waals surface area contributed by atoms with Gasteiger partial charge in [-0.25, -0.2) is 4.98 Å². The van der Waals surface area contributed by atoms with Crippen molar-refractivity contribution >= 4 is 110 Å². The van der Waals surface area contributed by atoms with E-state index in [0.717, 1.165) is 152 Å². The van der Waals surface area contributed by atoms with E-state index < -0.39 is 23.5 Å². The van der Waals surface area contributed by atoms with Crippen LogP contribution in [0.2, 0.25) is 0 Å². The van der Waals surface area contributed by atoms with E-state index in [1.54, 1.807) is 12.1 Å². The molecule has 0 saturated carbocycles. The molecule has 0 atom stereocenters. The van der Waals surface area contributed by atoms with Crippen molar-refractivity contribution in [1.82, 2.24) is 4.98 Å². The summed E-state index contributed by atoms with van der Waals surface area (Å²) < 4.78 is 51.6. The molecule has 0 amide bonds. The van der Waals surface area contributed by atoms with Crippen molar-refractivity contribution in [3.8, 4) is 0 Å². The summed E-state index contributed by atoms with van der Waals surface area (Å²) in [5.41, 5.74) is 27.3. The zero-order chi connectivity index (χ0) is 101. The van der Waals surface area contributed by atoms with E-state index >= 15 is 0 Å². The maximum atomic E-state index is 12.0. The molecule has 13 N–H and O–H groups in total. The van der Waals surface area contributed by atoms with Crippen molar-refractivity contribution in [2.45, 2.75) is 429 Å². The third-order valence-corrected chi connectivity index (χ3v) is 24.0. The summed E-state index contributed by atoms with van der Waals surface area (Å²) in [6, 6.07) is 31.2. The van der Waals surface area contributed by atoms with Gasteiger partial charge in [-0.3, -0.25) is 30.3 Å². The molecule has 0 saturated heterocycles. The number of aromatic nitrogens is 2. The SMILES string of the molecule is CCCCCCCCNc1ccc(Cc2cc(NC(C)(C)C)c([N+](=O)[O-])cc2[N+](=O)[O-])c(NCCCCCCCC)c1.CCCCCCCCNc1ccc(N)c(NCCCCCCCC)c1.CCCCCCCCNc1ccc([N+](=O)[O-])c(NCCCCCCCC)c1.CCCCCCCCNc1ccc2nc3cc(NC(C)(C)C)c(N)cc3[n+](CCCCCCCC)c2c1.FP(F)(F)(F)F.[F-]. The third kappa shape index (κ3) is 59.5. The number of hydrogen-bond donors (Lipinski definition) is 11. The fourth-order valence-corrected chi connectivity index (χ4v) is 16.4. The van der Waals surface area contributed by atoms with E-state index in [1.165, 1.54) is 293 Å². The van der Waals surface area contributed by atoms with Crippen molar-refractivity contribution in [2.24, 2.45) is 0 Å². The Hall–Kier alpha value is -9.07. The van der Waals surface area contributed by atoms with Crippen LogP contribution < -0.4 is 68.6 Å². The molecule has 6 aromatic carbocycles. The number of nitrogen functional groups attached to an aromatic ring is 2. The van der Waals surface area contributed by atoms with Crippen molar-refractivity contribution < 1.29 is 45.0 Å². The number of benzene rings is 6. The molecule has 1 aromatic heterocycles. The van der Waals surface area contributed by atoms with E-state index in [4.69, 9.17) is 16.5 Å². The Bertz CT molecular complexity index is 4420. The molecule has 0 aliphatic carbocycles. The van der Waals surface area contributed by atoms with Gasteiger partial charge < -0.3 is 64.0 Å². The Balaban J connectivity index is 0.000000619. The number of rotatable bonds is 70. The fourth-order valence-electron chi connectivity index (χ4n) is 16.4. The van der Waals surface area contributed by atoms with Gasteiger partial charge in [-0.2, -0.15) is 4.57 Å². The van der Waals surface area contributed by atoms with Crippen LogP contribution in [0.25, 0.3) is 22.1 Å². The van der Waals surface area contributed by atoms with Crippen molar-refractivity contribution in [3.05, 3.63) is 139 Å². The Morgan fingerprint density at radius 2 is 0.609 bits per heavy atom. The summed E-state index contributed by atoms with van der Waals surface area (Å²) in [5.74, 6) is 0. The molecule has 7 aromatic rings. The third-order valence-electron chi connectivity index (χ3n) is 24.0. The van der Waals surface area contributed by atoms with E-state index in [9.17, 15) is 51.3 Å². The van der Waals surface area contributed by atoms with Gasteiger partial charge in [-0.15, -0.1) is 0 Å². The smallest absolute Gasteiger partial charge is 1.00 e. The van der Waals surface area contributed by atoms with Crippen LogP contribution in [-0.4, -0.2) is 76.6 Å². The van der Waals surface area contributed by atoms with E-state index in [2.05, 4.69) is 177 Å². The second kappa shape index (κ2) is 73.1. The van der Waals surface area contributed by atoms with Gasteiger partial charge in [0, 0.05) is 122 Å². The first-order valence-electron chi connectivity index (χ1n) is 53.2. The molecule has 7 rings (SSSR count). The Morgan fingerprint density at radius 1 is 0.304 bits per heavy atom. The molecule has 0 radical (unpaired) electrons. The zero-order valence-electron chi connectivity index (χ0n) is 87.6. The summed E-state index contributed by atoms with van der Waals surface area (Å²) in [4.78, 5) is 38.7. The van der Waals surface area contributed by atoms with Gasteiger partial charge in [0.2, 0.25) is 11.0 Å². The molecule has 22 nitrogen and oxygen atoms in total. The molecular formula is C109H185F6N16O6P. The predicted octanol–water partition coefficient (Wildman–Crippen LogP) is 32.4. The monoisotopic (exact) mass is 1960 g/mol. The Kier molecular flexibility index (Phi) is 66.2. The maximum absolute atomic E-state index is 12.0. The molecular weight excluding hydrogens is 1770 g/mol. The largest absolute Gasteiger partial charge is 1.00 e. The molecule has 1 heterocycles. The van der Waals surface area contributed by atoms with Crippen LogP contribution in [-0.2, 0) is 13.0 Å². The minimum absolute atomic E-state index is 0. The summed E-state index contributed by atoms with van der Waals surface area (Å²) in [5, 5.41) is 66.3. The van der Waals surface area contributed by atoms with Crippen molar-refractivity contribution in [3.63, 3.8) is 0 Å². The average molecular weight is 1960 g/mol. The molecule has 29 heteroatoms. The first-order chi connectivity index (χ1) is 65.6. The van der Waals surface area contributed by atoms with Gasteiger partial charge in [-0.1, -0.05) is 312 Å². The summed E-state index contributed by atoms with van der Waals surface area (Å²) >= 11 is 0. The number of nitro groups is 3. The minimum Gasteiger partial charge on any atom is -1.00 e. The number of nitrogens with two attached hydrogens (primary N) is 2. The van der Waals surface area contributed by atoms with E-state index in [1.807, 2.05) is 51.1 Å². The first-order valence-corrected chi connectivity index (χ1v) is 54.9. The number of unbranched alkanes of at least 4 members (excludes halogenated alkanes) is 40. The molecule has 0 aliphatic heterocycles. The number of nitro benzene ring substituents is 3. The molecule has 0 aliphatic rings. The van der Waals surface area contributed by atoms with Crippen LogP contribution in [0, 0.1) is 30.3 Å². The molecule has 0 fully saturated rings. The van der Waals surface area contributed by atoms with Crippen LogP contribution >= 0.6 is 8.16 Å². The van der Waals surface area contributed by atoms with E-state index in [-0.39, 0.29) is 44.3 Å². The maximum Gasteiger partial charge on any atom is -1.00 e. The Labute approximate surface area is 828 Å². The first kappa shape index (κ1) is 125. The van der Waals surface area contributed by atoms with Crippen molar-refractivity contribution in [1.29, 1.82) is 0 Å². The van der Waals surface area contributed by atoms with Gasteiger partial charge in [0.25, 0.3) is 17.1 Å². The van der Waals surface area contributed by atoms with Gasteiger partial charge in [0.1, 0.15) is 29.0 Å². The average Bonchev–Trinajstić information content (AvgIpc) is 0.758. The molecule has 0 spiro atoms. The number of nitrogens with zero attached hydrogens (tertiary/aromatic N) is 5. The van der Waals surface area contributed by atoms with Crippen molar-refractivity contribution in [2.75, 3.05) is 105 Å². The number of nitrogens with one attached hydrogen (secondary N) is 9. The zero-order valence-corrected chi connectivity index (χ0v) is 88.5. The fraction of sp³-hybridized carbons (Fsp3) is 0.670. The topological polar surface area (TPSA) is 306 Å². The minimum atomic E-state index is -8.55. The standard InChI is InChI=1S/C33H53N5O4.C32H51N5.C22H39N3O2.C22H41N3.F5P.FH/c1-6-8-10-12-14-16-20-34-28-19-18-26(29(24-28)35-21-17-15-13-11-9-7-2)22-27-23-30(36-33(3,4)5)32(38(41)42)25-31(27)37(39)40;1-6-8-10-12-14-16-20-34-25-18-19-27-30(22-25)37(21-17-15-13-11-9-7-2)31-23-26(33)28(24-29(31)35-27)36-32(3,4)5;1-3-5-7-9-11-13-17-23-20-15-16-22(25(26)27)21(19-20)24-18-14-12-10-8-6-4-2;1-3-5-7-9-11-13-17-24-20-15-16-21(23)22(19-20)25-18-14-12-10-8-6-4-2;1-6(2,3,4)5;/h18-19,23-25,34-36H,6-17,20-22H2,1-5H3;18-19,22-24H,6-17,20-21H2,1-5H3,(H3,33,34,35,36);15-16,19,23-24H,3-14,17-18H2,1-2H3;15-16,19,24-25H,3-14,17-18,23H2,1-2H3;;1H. The van der Waals surface area contributed by atoms with Gasteiger partial charge in [0.05, 0.1) is 43.6 Å². The number of halogens is 6. The molecule has 0 unspecified atom stereocenters. The molecule has 138 heavy (non-hydrogen) atoms. The summed E-state index contributed by atoms with van der Waals surface area (Å²) in [6.45, 7) is 37.6. The second-order valence-electron chi connectivity index (χ2n) is 39.3. The number of aryl methyl sites for hydroxylation is 1. The predicted molar refractivity (Wildman–Crippen MR) is 582 cm³/mol.